The summed E-state index contributed by atoms with van der Waals surface area (Å²) >= 11 is 0. The molecule has 0 aliphatic rings. The van der Waals surface area contributed by atoms with Crippen molar-refractivity contribution >= 4 is 21.8 Å². The SMILES string of the molecule is [2H]c1c([2H])c([2H])c(-n2c3c([2H])c([2H])c([2H])c([2H])c3c3c([2H])c(-c4ccccc4-c4nc(-c5ccccc5)nc(-c5ccc(-c6ccc(-c7ccccc7)cc6)cc5)n4)c([2H])c([2H])c32)c([2H])c1[2H]. The van der Waals surface area contributed by atoms with E-state index in [-0.39, 0.29) is 38.8 Å². The van der Waals surface area contributed by atoms with Crippen LogP contribution in [0, 0.1) is 0 Å². The molecule has 258 valence electrons. The lowest BCUT2D eigenvalue weighted by atomic mass is 9.97. The van der Waals surface area contributed by atoms with Crippen molar-refractivity contribution in [2.45, 2.75) is 0 Å². The highest BCUT2D eigenvalue weighted by Gasteiger charge is 2.18. The van der Waals surface area contributed by atoms with Crippen LogP contribution in [-0.2, 0) is 0 Å². The topological polar surface area (TPSA) is 43.6 Å². The fourth-order valence-electron chi connectivity index (χ4n) is 6.76. The third kappa shape index (κ3) is 6.06. The summed E-state index contributed by atoms with van der Waals surface area (Å²) < 4.78 is 108. The predicted molar refractivity (Wildman–Crippen MR) is 227 cm³/mol. The normalized spacial score (nSPS) is 14.3. The minimum Gasteiger partial charge on any atom is -0.309 e. The molecule has 0 fully saturated rings. The van der Waals surface area contributed by atoms with Crippen molar-refractivity contribution in [3.63, 3.8) is 0 Å². The Morgan fingerprint density at radius 3 is 1.47 bits per heavy atom. The summed E-state index contributed by atoms with van der Waals surface area (Å²) in [4.78, 5) is 14.8. The molecule has 0 saturated carbocycles. The summed E-state index contributed by atoms with van der Waals surface area (Å²) in [7, 11) is 0. The highest BCUT2D eigenvalue weighted by molar-refractivity contribution is 6.10. The van der Waals surface area contributed by atoms with Gasteiger partial charge in [-0.25, -0.2) is 15.0 Å². The van der Waals surface area contributed by atoms with E-state index in [1.165, 1.54) is 0 Å². The molecule has 0 amide bonds. The molecule has 2 heterocycles. The largest absolute Gasteiger partial charge is 0.309 e. The summed E-state index contributed by atoms with van der Waals surface area (Å²) in [5, 5.41) is -0.384. The minimum absolute atomic E-state index is 0.0773. The van der Waals surface area contributed by atoms with Gasteiger partial charge in [-0.1, -0.05) is 176 Å². The second-order valence-corrected chi connectivity index (χ2v) is 12.7. The lowest BCUT2D eigenvalue weighted by molar-refractivity contribution is 1.07. The fraction of sp³-hybridized carbons (Fsp3) is 0. The van der Waals surface area contributed by atoms with Crippen LogP contribution in [0.25, 0.3) is 95.0 Å². The first kappa shape index (κ1) is 21.9. The minimum atomic E-state index is -0.711. The summed E-state index contributed by atoms with van der Waals surface area (Å²) in [6, 6.07) is 35.0. The zero-order valence-electron chi connectivity index (χ0n) is 41.0. The van der Waals surface area contributed by atoms with Crippen LogP contribution in [0.3, 0.4) is 0 Å². The van der Waals surface area contributed by atoms with Gasteiger partial charge in [-0.05, 0) is 63.6 Å². The molecule has 0 N–H and O–H groups in total. The van der Waals surface area contributed by atoms with E-state index >= 15 is 0 Å². The molecule has 10 rings (SSSR count). The monoisotopic (exact) mass is 714 g/mol. The molecule has 10 aromatic rings. The molecule has 0 atom stereocenters. The number of hydrogen-bond acceptors (Lipinski definition) is 3. The lowest BCUT2D eigenvalue weighted by Gasteiger charge is -2.13. The first-order valence-corrected chi connectivity index (χ1v) is 17.6. The third-order valence-electron chi connectivity index (χ3n) is 9.44. The zero-order valence-corrected chi connectivity index (χ0v) is 29.0. The maximum absolute atomic E-state index is 9.83. The molecule has 0 radical (unpaired) electrons. The summed E-state index contributed by atoms with van der Waals surface area (Å²) in [6.45, 7) is 0. The van der Waals surface area contributed by atoms with E-state index in [0.717, 1.165) is 26.8 Å². The van der Waals surface area contributed by atoms with Gasteiger partial charge in [0.25, 0.3) is 0 Å². The van der Waals surface area contributed by atoms with Gasteiger partial charge in [0, 0.05) is 33.2 Å². The van der Waals surface area contributed by atoms with Crippen LogP contribution in [0.5, 0.6) is 0 Å². The van der Waals surface area contributed by atoms with Crippen molar-refractivity contribution in [3.8, 4) is 73.2 Å². The number of benzene rings is 8. The molecule has 4 heteroatoms. The number of fused-ring (bicyclic) bond motifs is 3. The van der Waals surface area contributed by atoms with Gasteiger partial charge in [0.2, 0.25) is 0 Å². The molecule has 0 saturated heterocycles. The van der Waals surface area contributed by atoms with E-state index in [0.29, 0.717) is 28.3 Å². The highest BCUT2D eigenvalue weighted by Crippen LogP contribution is 2.38. The molecule has 0 unspecified atom stereocenters. The van der Waals surface area contributed by atoms with Crippen LogP contribution in [0.1, 0.15) is 16.4 Å². The molecular formula is C51H34N4. The van der Waals surface area contributed by atoms with Crippen molar-refractivity contribution in [1.29, 1.82) is 0 Å². The summed E-state index contributed by atoms with van der Waals surface area (Å²) in [5.41, 5.74) is 5.10. The van der Waals surface area contributed by atoms with Gasteiger partial charge in [0.15, 0.2) is 17.5 Å². The smallest absolute Gasteiger partial charge is 0.164 e. The summed E-state index contributed by atoms with van der Waals surface area (Å²) in [5.74, 6) is 0.882. The molecule has 0 aliphatic heterocycles. The summed E-state index contributed by atoms with van der Waals surface area (Å²) in [6.07, 6.45) is 0. The Kier molecular flexibility index (Phi) is 5.52. The fourth-order valence-corrected chi connectivity index (χ4v) is 6.76. The van der Waals surface area contributed by atoms with E-state index in [1.54, 1.807) is 24.3 Å². The van der Waals surface area contributed by atoms with Crippen molar-refractivity contribution in [2.24, 2.45) is 0 Å². The van der Waals surface area contributed by atoms with E-state index in [9.17, 15) is 4.11 Å². The Bertz CT molecular complexity index is 3610. The number of hydrogen-bond donors (Lipinski definition) is 0. The standard InChI is InChI=1S/C51H34N4/c1-4-14-35(15-5-1)36-24-26-37(27-25-36)38-28-30-40(31-29-38)50-52-49(39-16-6-2-7-17-39)53-51(54-50)45-22-11-10-20-43(45)41-32-33-48-46(34-41)44-21-12-13-23-47(44)55(48)42-18-8-3-9-19-42/h1-34H/i3D,8D,9D,12D,13D,18D,19D,21D,23D,32D,33D,34D. The maximum Gasteiger partial charge on any atom is 0.164 e. The third-order valence-corrected chi connectivity index (χ3v) is 9.44. The Hall–Kier alpha value is -7.43. The van der Waals surface area contributed by atoms with Gasteiger partial charge in [0.05, 0.1) is 27.5 Å². The predicted octanol–water partition coefficient (Wildman–Crippen LogP) is 13.0. The maximum atomic E-state index is 9.83. The van der Waals surface area contributed by atoms with Gasteiger partial charge in [-0.15, -0.1) is 0 Å². The van der Waals surface area contributed by atoms with Crippen LogP contribution in [0.2, 0.25) is 0 Å². The van der Waals surface area contributed by atoms with Crippen LogP contribution >= 0.6 is 0 Å². The Balaban J connectivity index is 1.18. The molecule has 8 aromatic carbocycles. The first-order valence-electron chi connectivity index (χ1n) is 23.6. The van der Waals surface area contributed by atoms with E-state index in [1.807, 2.05) is 72.8 Å². The van der Waals surface area contributed by atoms with Gasteiger partial charge in [-0.3, -0.25) is 0 Å². The zero-order chi connectivity index (χ0) is 47.0. The first-order chi connectivity index (χ1) is 32.3. The van der Waals surface area contributed by atoms with Crippen LogP contribution < -0.4 is 0 Å². The van der Waals surface area contributed by atoms with Crippen LogP contribution in [-0.4, -0.2) is 19.5 Å². The average Bonchev–Trinajstić information content (AvgIpc) is 3.72. The Morgan fingerprint density at radius 2 is 0.818 bits per heavy atom. The molecule has 0 aliphatic carbocycles. The highest BCUT2D eigenvalue weighted by atomic mass is 15.0. The van der Waals surface area contributed by atoms with Gasteiger partial charge >= 0.3 is 0 Å². The van der Waals surface area contributed by atoms with Crippen LogP contribution in [0.15, 0.2) is 206 Å². The van der Waals surface area contributed by atoms with Crippen molar-refractivity contribution in [3.05, 3.63) is 206 Å². The second-order valence-electron chi connectivity index (χ2n) is 12.7. The van der Waals surface area contributed by atoms with Gasteiger partial charge in [-0.2, -0.15) is 0 Å². The number of aromatic nitrogens is 4. The van der Waals surface area contributed by atoms with Gasteiger partial charge in [0.1, 0.15) is 0 Å². The number of para-hydroxylation sites is 2. The Labute approximate surface area is 336 Å². The molecule has 55 heavy (non-hydrogen) atoms. The van der Waals surface area contributed by atoms with E-state index in [4.69, 9.17) is 27.3 Å². The molecular weight excluding hydrogens is 669 g/mol. The molecule has 2 aromatic heterocycles. The van der Waals surface area contributed by atoms with Crippen molar-refractivity contribution in [1.82, 2.24) is 19.5 Å². The van der Waals surface area contributed by atoms with E-state index in [2.05, 4.69) is 36.4 Å². The van der Waals surface area contributed by atoms with Crippen LogP contribution in [0.4, 0.5) is 0 Å². The Morgan fingerprint density at radius 1 is 0.345 bits per heavy atom. The van der Waals surface area contributed by atoms with E-state index < -0.39 is 78.2 Å². The lowest BCUT2D eigenvalue weighted by Crippen LogP contribution is -2.01. The molecule has 0 bridgehead atoms. The quantitative estimate of drug-likeness (QED) is 0.165. The molecule has 0 spiro atoms. The van der Waals surface area contributed by atoms with Crippen molar-refractivity contribution in [2.75, 3.05) is 0 Å². The van der Waals surface area contributed by atoms with Crippen molar-refractivity contribution < 1.29 is 16.4 Å². The number of nitrogens with zero attached hydrogens (tertiary/aromatic N) is 4. The van der Waals surface area contributed by atoms with Gasteiger partial charge < -0.3 is 4.57 Å². The average molecular weight is 715 g/mol. The molecule has 4 nitrogen and oxygen atoms in total. The number of rotatable bonds is 7. The second kappa shape index (κ2) is 13.8.